The highest BCUT2D eigenvalue weighted by atomic mass is 16.2. The summed E-state index contributed by atoms with van der Waals surface area (Å²) in [4.78, 5) is 12.1. The summed E-state index contributed by atoms with van der Waals surface area (Å²) in [6, 6.07) is 0. The fraction of sp³-hybridized carbons (Fsp3) is 0.923. The zero-order chi connectivity index (χ0) is 11.8. The number of nitrogens with two attached hydrogens (primary N) is 1. The molecule has 0 saturated heterocycles. The first-order valence-electron chi connectivity index (χ1n) is 6.60. The lowest BCUT2D eigenvalue weighted by atomic mass is 9.92. The van der Waals surface area contributed by atoms with Crippen molar-refractivity contribution in [2.24, 2.45) is 23.5 Å². The van der Waals surface area contributed by atoms with Gasteiger partial charge in [-0.25, -0.2) is 0 Å². The molecule has 0 spiro atoms. The van der Waals surface area contributed by atoms with E-state index in [9.17, 15) is 4.79 Å². The smallest absolute Gasteiger partial charge is 0.223 e. The third kappa shape index (κ3) is 2.40. The highest BCUT2D eigenvalue weighted by molar-refractivity contribution is 5.80. The number of amides is 1. The van der Waals surface area contributed by atoms with Crippen molar-refractivity contribution in [2.45, 2.75) is 51.5 Å². The zero-order valence-electron chi connectivity index (χ0n) is 10.5. The van der Waals surface area contributed by atoms with Gasteiger partial charge < -0.3 is 11.1 Å². The Bertz CT molecular complexity index is 269. The van der Waals surface area contributed by atoms with Crippen LogP contribution in [0.15, 0.2) is 0 Å². The third-order valence-corrected chi connectivity index (χ3v) is 4.52. The van der Waals surface area contributed by atoms with Crippen molar-refractivity contribution in [1.82, 2.24) is 5.32 Å². The second kappa shape index (κ2) is 4.36. The van der Waals surface area contributed by atoms with Gasteiger partial charge in [-0.1, -0.05) is 6.92 Å². The Morgan fingerprint density at radius 3 is 2.50 bits per heavy atom. The molecule has 2 fully saturated rings. The van der Waals surface area contributed by atoms with Crippen molar-refractivity contribution in [3.63, 3.8) is 0 Å². The maximum absolute atomic E-state index is 12.1. The monoisotopic (exact) mass is 224 g/mol. The van der Waals surface area contributed by atoms with E-state index in [4.69, 9.17) is 5.73 Å². The molecule has 0 aromatic rings. The molecule has 2 rings (SSSR count). The number of carbonyl (C=O) groups is 1. The Morgan fingerprint density at radius 2 is 2.00 bits per heavy atom. The second-order valence-electron chi connectivity index (χ2n) is 5.87. The number of rotatable bonds is 5. The molecule has 0 aliphatic heterocycles. The fourth-order valence-corrected chi connectivity index (χ4v) is 2.97. The molecule has 0 heterocycles. The molecule has 2 aliphatic carbocycles. The van der Waals surface area contributed by atoms with Gasteiger partial charge in [0.1, 0.15) is 0 Å². The number of hydrogen-bond acceptors (Lipinski definition) is 2. The number of hydrogen-bond donors (Lipinski definition) is 2. The Hall–Kier alpha value is -0.570. The van der Waals surface area contributed by atoms with Crippen LogP contribution in [0.1, 0.15) is 46.0 Å². The molecular weight excluding hydrogens is 200 g/mol. The van der Waals surface area contributed by atoms with E-state index in [-0.39, 0.29) is 17.4 Å². The Kier molecular flexibility index (Phi) is 3.24. The lowest BCUT2D eigenvalue weighted by Gasteiger charge is -2.30. The molecule has 0 radical (unpaired) electrons. The highest BCUT2D eigenvalue weighted by Crippen LogP contribution is 2.54. The number of fused-ring (bicyclic) bond motifs is 1. The fourth-order valence-electron chi connectivity index (χ4n) is 2.97. The van der Waals surface area contributed by atoms with Crippen molar-refractivity contribution in [3.05, 3.63) is 0 Å². The summed E-state index contributed by atoms with van der Waals surface area (Å²) in [6.45, 7) is 4.86. The van der Waals surface area contributed by atoms with E-state index < -0.39 is 0 Å². The van der Waals surface area contributed by atoms with Crippen LogP contribution in [0, 0.1) is 17.8 Å². The van der Waals surface area contributed by atoms with Crippen LogP contribution in [-0.2, 0) is 4.79 Å². The van der Waals surface area contributed by atoms with Crippen molar-refractivity contribution < 1.29 is 4.79 Å². The first-order chi connectivity index (χ1) is 7.58. The van der Waals surface area contributed by atoms with E-state index in [2.05, 4.69) is 19.2 Å². The van der Waals surface area contributed by atoms with Crippen LogP contribution in [0.2, 0.25) is 0 Å². The maximum atomic E-state index is 12.1. The van der Waals surface area contributed by atoms with Gasteiger partial charge in [-0.05, 0) is 57.4 Å². The van der Waals surface area contributed by atoms with Crippen molar-refractivity contribution in [2.75, 3.05) is 6.54 Å². The van der Waals surface area contributed by atoms with Crippen LogP contribution in [0.3, 0.4) is 0 Å². The largest absolute Gasteiger partial charge is 0.351 e. The number of nitrogens with one attached hydrogen (secondary N) is 1. The Balaban J connectivity index is 1.85. The van der Waals surface area contributed by atoms with Gasteiger partial charge in [0, 0.05) is 11.5 Å². The second-order valence-corrected chi connectivity index (χ2v) is 5.87. The summed E-state index contributed by atoms with van der Waals surface area (Å²) < 4.78 is 0. The Morgan fingerprint density at radius 1 is 1.38 bits per heavy atom. The normalized spacial score (nSPS) is 35.3. The van der Waals surface area contributed by atoms with Crippen molar-refractivity contribution in [3.8, 4) is 0 Å². The van der Waals surface area contributed by atoms with Crippen LogP contribution in [-0.4, -0.2) is 18.0 Å². The standard InChI is InChI=1S/C13H24N2O/c1-3-13(2,4-5-14)15-12(16)11-7-9-6-10(9)8-11/h9-11H,3-8,14H2,1-2H3,(H,15,16). The first kappa shape index (κ1) is 11.9. The minimum atomic E-state index is -0.0986. The van der Waals surface area contributed by atoms with Gasteiger partial charge in [0.25, 0.3) is 0 Å². The molecule has 16 heavy (non-hydrogen) atoms. The molecule has 3 atom stereocenters. The predicted molar refractivity (Wildman–Crippen MR) is 64.8 cm³/mol. The molecule has 0 aromatic heterocycles. The summed E-state index contributed by atoms with van der Waals surface area (Å²) in [5, 5.41) is 3.21. The maximum Gasteiger partial charge on any atom is 0.223 e. The molecule has 0 bridgehead atoms. The molecule has 1 amide bonds. The zero-order valence-corrected chi connectivity index (χ0v) is 10.5. The molecule has 0 aromatic carbocycles. The van der Waals surface area contributed by atoms with Gasteiger partial charge in [0.15, 0.2) is 0 Å². The summed E-state index contributed by atoms with van der Waals surface area (Å²) in [5.74, 6) is 2.30. The van der Waals surface area contributed by atoms with Crippen LogP contribution >= 0.6 is 0 Å². The van der Waals surface area contributed by atoms with E-state index in [1.165, 1.54) is 6.42 Å². The van der Waals surface area contributed by atoms with Gasteiger partial charge in [-0.2, -0.15) is 0 Å². The average Bonchev–Trinajstić information content (AvgIpc) is 2.86. The van der Waals surface area contributed by atoms with Gasteiger partial charge in [0.05, 0.1) is 0 Å². The average molecular weight is 224 g/mol. The minimum Gasteiger partial charge on any atom is -0.351 e. The van der Waals surface area contributed by atoms with Crippen LogP contribution < -0.4 is 11.1 Å². The third-order valence-electron chi connectivity index (χ3n) is 4.52. The van der Waals surface area contributed by atoms with Crippen LogP contribution in [0.4, 0.5) is 0 Å². The molecule has 3 nitrogen and oxygen atoms in total. The molecule has 3 heteroatoms. The topological polar surface area (TPSA) is 55.1 Å². The van der Waals surface area contributed by atoms with E-state index in [0.29, 0.717) is 6.54 Å². The lowest BCUT2D eigenvalue weighted by Crippen LogP contribution is -2.48. The van der Waals surface area contributed by atoms with Gasteiger partial charge in [-0.15, -0.1) is 0 Å². The number of carbonyl (C=O) groups excluding carboxylic acids is 1. The predicted octanol–water partition coefficient (Wildman–Crippen LogP) is 1.67. The molecule has 3 N–H and O–H groups in total. The SMILES string of the molecule is CCC(C)(CCN)NC(=O)C1CC2CC2C1. The quantitative estimate of drug-likeness (QED) is 0.746. The van der Waals surface area contributed by atoms with Gasteiger partial charge in [-0.3, -0.25) is 4.79 Å². The summed E-state index contributed by atoms with van der Waals surface area (Å²) >= 11 is 0. The van der Waals surface area contributed by atoms with Crippen LogP contribution in [0.5, 0.6) is 0 Å². The van der Waals surface area contributed by atoms with Gasteiger partial charge >= 0.3 is 0 Å². The molecule has 2 saturated carbocycles. The highest BCUT2D eigenvalue weighted by Gasteiger charge is 2.48. The first-order valence-corrected chi connectivity index (χ1v) is 6.60. The molecular formula is C13H24N2O. The van der Waals surface area contributed by atoms with Crippen molar-refractivity contribution in [1.29, 1.82) is 0 Å². The van der Waals surface area contributed by atoms with Crippen LogP contribution in [0.25, 0.3) is 0 Å². The molecule has 2 aliphatic rings. The van der Waals surface area contributed by atoms with E-state index >= 15 is 0 Å². The lowest BCUT2D eigenvalue weighted by molar-refractivity contribution is -0.127. The minimum absolute atomic E-state index is 0.0986. The summed E-state index contributed by atoms with van der Waals surface area (Å²) in [7, 11) is 0. The Labute approximate surface area is 98.2 Å². The summed E-state index contributed by atoms with van der Waals surface area (Å²) in [5.41, 5.74) is 5.50. The van der Waals surface area contributed by atoms with E-state index in [1.54, 1.807) is 0 Å². The van der Waals surface area contributed by atoms with E-state index in [1.807, 2.05) is 0 Å². The molecule has 3 unspecified atom stereocenters. The molecule has 92 valence electrons. The summed E-state index contributed by atoms with van der Waals surface area (Å²) in [6.07, 6.45) is 5.44. The van der Waals surface area contributed by atoms with E-state index in [0.717, 1.165) is 37.5 Å². The van der Waals surface area contributed by atoms with Gasteiger partial charge in [0.2, 0.25) is 5.91 Å². The van der Waals surface area contributed by atoms with Crippen molar-refractivity contribution >= 4 is 5.91 Å².